The Balaban J connectivity index is 2.10. The van der Waals surface area contributed by atoms with Crippen molar-refractivity contribution < 1.29 is 19.0 Å². The first-order chi connectivity index (χ1) is 10.2. The van der Waals surface area contributed by atoms with Crippen molar-refractivity contribution in [2.24, 2.45) is 0 Å². The highest BCUT2D eigenvalue weighted by Crippen LogP contribution is 2.23. The van der Waals surface area contributed by atoms with Gasteiger partial charge in [-0.25, -0.2) is 4.39 Å². The molecule has 21 heavy (non-hydrogen) atoms. The first-order valence-corrected chi connectivity index (χ1v) is 6.77. The molecule has 0 fully saturated rings. The number of aliphatic hydroxyl groups excluding tert-OH is 1. The highest BCUT2D eigenvalue weighted by Gasteiger charge is 2.14. The van der Waals surface area contributed by atoms with Crippen LogP contribution >= 0.6 is 0 Å². The Bertz CT molecular complexity index is 598. The maximum atomic E-state index is 14.1. The van der Waals surface area contributed by atoms with Crippen molar-refractivity contribution in [2.45, 2.75) is 18.9 Å². The molecule has 0 aliphatic carbocycles. The molecule has 0 aliphatic heterocycles. The van der Waals surface area contributed by atoms with E-state index in [1.54, 1.807) is 25.3 Å². The molecule has 2 aromatic rings. The number of methoxy groups -OCH3 is 2. The molecule has 4 heteroatoms. The summed E-state index contributed by atoms with van der Waals surface area (Å²) >= 11 is 0. The van der Waals surface area contributed by atoms with Gasteiger partial charge in [-0.3, -0.25) is 0 Å². The van der Waals surface area contributed by atoms with Gasteiger partial charge in [0, 0.05) is 12.8 Å². The quantitative estimate of drug-likeness (QED) is 0.889. The summed E-state index contributed by atoms with van der Waals surface area (Å²) in [6.45, 7) is 0. The van der Waals surface area contributed by atoms with E-state index >= 15 is 0 Å². The Morgan fingerprint density at radius 3 is 2.19 bits per heavy atom. The number of rotatable bonds is 6. The lowest BCUT2D eigenvalue weighted by atomic mass is 10.00. The van der Waals surface area contributed by atoms with Gasteiger partial charge < -0.3 is 14.6 Å². The normalized spacial score (nSPS) is 12.0. The minimum absolute atomic E-state index is 0.192. The summed E-state index contributed by atoms with van der Waals surface area (Å²) in [5.41, 5.74) is 1.34. The highest BCUT2D eigenvalue weighted by molar-refractivity contribution is 5.35. The molecule has 2 rings (SSSR count). The molecule has 0 bridgehead atoms. The minimum Gasteiger partial charge on any atom is -0.496 e. The van der Waals surface area contributed by atoms with E-state index in [1.165, 1.54) is 7.11 Å². The molecule has 0 amide bonds. The summed E-state index contributed by atoms with van der Waals surface area (Å²) in [4.78, 5) is 0. The zero-order valence-corrected chi connectivity index (χ0v) is 12.2. The molecule has 0 radical (unpaired) electrons. The first-order valence-electron chi connectivity index (χ1n) is 6.77. The predicted octanol–water partition coefficient (Wildman–Crippen LogP) is 2.99. The Morgan fingerprint density at radius 2 is 1.48 bits per heavy atom. The molecule has 0 saturated heterocycles. The van der Waals surface area contributed by atoms with Crippen LogP contribution in [0, 0.1) is 5.82 Å². The van der Waals surface area contributed by atoms with Crippen LogP contribution in [0.1, 0.15) is 11.1 Å². The summed E-state index contributed by atoms with van der Waals surface area (Å²) in [5, 5.41) is 10.2. The fourth-order valence-corrected chi connectivity index (χ4v) is 2.32. The van der Waals surface area contributed by atoms with Gasteiger partial charge in [-0.1, -0.05) is 30.3 Å². The molecule has 2 aromatic carbocycles. The van der Waals surface area contributed by atoms with Crippen LogP contribution in [-0.4, -0.2) is 25.4 Å². The van der Waals surface area contributed by atoms with Crippen molar-refractivity contribution in [1.82, 2.24) is 0 Å². The van der Waals surface area contributed by atoms with Gasteiger partial charge in [-0.05, 0) is 23.3 Å². The number of hydrogen-bond donors (Lipinski definition) is 1. The van der Waals surface area contributed by atoms with Gasteiger partial charge in [-0.15, -0.1) is 0 Å². The summed E-state index contributed by atoms with van der Waals surface area (Å²) < 4.78 is 24.3. The molecule has 3 nitrogen and oxygen atoms in total. The molecule has 0 heterocycles. The van der Waals surface area contributed by atoms with E-state index in [1.807, 2.05) is 24.3 Å². The third-order valence-corrected chi connectivity index (χ3v) is 3.37. The molecule has 1 N–H and O–H groups in total. The van der Waals surface area contributed by atoms with Crippen molar-refractivity contribution in [1.29, 1.82) is 0 Å². The number of para-hydroxylation sites is 1. The minimum atomic E-state index is -0.692. The predicted molar refractivity (Wildman–Crippen MR) is 79.4 cm³/mol. The lowest BCUT2D eigenvalue weighted by Gasteiger charge is -2.14. The lowest BCUT2D eigenvalue weighted by Crippen LogP contribution is -2.15. The van der Waals surface area contributed by atoms with Crippen molar-refractivity contribution in [3.8, 4) is 11.5 Å². The van der Waals surface area contributed by atoms with Crippen LogP contribution in [0.25, 0.3) is 0 Å². The van der Waals surface area contributed by atoms with E-state index in [9.17, 15) is 9.50 Å². The van der Waals surface area contributed by atoms with Gasteiger partial charge in [0.2, 0.25) is 0 Å². The third-order valence-electron chi connectivity index (χ3n) is 3.37. The van der Waals surface area contributed by atoms with Crippen molar-refractivity contribution >= 4 is 0 Å². The third kappa shape index (κ3) is 3.73. The zero-order chi connectivity index (χ0) is 15.2. The number of benzene rings is 2. The molecular formula is C17H19FO3. The van der Waals surface area contributed by atoms with E-state index in [2.05, 4.69) is 0 Å². The van der Waals surface area contributed by atoms with Crippen LogP contribution in [0.2, 0.25) is 0 Å². The van der Waals surface area contributed by atoms with Crippen LogP contribution in [0.3, 0.4) is 0 Å². The smallest absolute Gasteiger partial charge is 0.168 e. The number of aliphatic hydroxyl groups is 1. The maximum Gasteiger partial charge on any atom is 0.168 e. The van der Waals surface area contributed by atoms with E-state index < -0.39 is 11.9 Å². The van der Waals surface area contributed by atoms with Gasteiger partial charge in [0.25, 0.3) is 0 Å². The molecule has 1 atom stereocenters. The monoisotopic (exact) mass is 290 g/mol. The van der Waals surface area contributed by atoms with Gasteiger partial charge in [0.15, 0.2) is 11.6 Å². The number of hydrogen-bond acceptors (Lipinski definition) is 3. The Kier molecular flexibility index (Phi) is 5.17. The molecule has 0 aliphatic rings. The SMILES string of the molecule is COc1ccccc1CC(O)Cc1cccc(OC)c1F. The fraction of sp³-hybridized carbons (Fsp3) is 0.294. The molecular weight excluding hydrogens is 271 g/mol. The Morgan fingerprint density at radius 1 is 0.905 bits per heavy atom. The van der Waals surface area contributed by atoms with Crippen molar-refractivity contribution in [2.75, 3.05) is 14.2 Å². The van der Waals surface area contributed by atoms with Crippen LogP contribution in [0.5, 0.6) is 11.5 Å². The van der Waals surface area contributed by atoms with Crippen LogP contribution in [-0.2, 0) is 12.8 Å². The van der Waals surface area contributed by atoms with E-state index in [0.29, 0.717) is 12.0 Å². The van der Waals surface area contributed by atoms with Crippen molar-refractivity contribution in [3.63, 3.8) is 0 Å². The summed E-state index contributed by atoms with van der Waals surface area (Å²) in [6, 6.07) is 12.4. The lowest BCUT2D eigenvalue weighted by molar-refractivity contribution is 0.172. The maximum absolute atomic E-state index is 14.1. The molecule has 0 aromatic heterocycles. The van der Waals surface area contributed by atoms with E-state index in [0.717, 1.165) is 11.3 Å². The molecule has 0 spiro atoms. The van der Waals surface area contributed by atoms with Crippen LogP contribution in [0.4, 0.5) is 4.39 Å². The van der Waals surface area contributed by atoms with Crippen LogP contribution < -0.4 is 9.47 Å². The molecule has 1 unspecified atom stereocenters. The Hall–Kier alpha value is -2.07. The largest absolute Gasteiger partial charge is 0.496 e. The van der Waals surface area contributed by atoms with Gasteiger partial charge in [-0.2, -0.15) is 0 Å². The van der Waals surface area contributed by atoms with Gasteiger partial charge in [0.1, 0.15) is 5.75 Å². The summed E-state index contributed by atoms with van der Waals surface area (Å²) in [5.74, 6) is 0.499. The number of halogens is 1. The second kappa shape index (κ2) is 7.09. The molecule has 112 valence electrons. The summed E-state index contributed by atoms with van der Waals surface area (Å²) in [6.07, 6.45) is -0.0650. The molecule has 0 saturated carbocycles. The topological polar surface area (TPSA) is 38.7 Å². The summed E-state index contributed by atoms with van der Waals surface area (Å²) in [7, 11) is 3.01. The highest BCUT2D eigenvalue weighted by atomic mass is 19.1. The van der Waals surface area contributed by atoms with Gasteiger partial charge >= 0.3 is 0 Å². The van der Waals surface area contributed by atoms with E-state index in [-0.39, 0.29) is 12.2 Å². The zero-order valence-electron chi connectivity index (χ0n) is 12.2. The second-order valence-electron chi connectivity index (χ2n) is 4.81. The standard InChI is InChI=1S/C17H19FO3/c1-20-15-8-4-3-6-12(15)10-14(19)11-13-7-5-9-16(21-2)17(13)18/h3-9,14,19H,10-11H2,1-2H3. The van der Waals surface area contributed by atoms with Crippen LogP contribution in [0.15, 0.2) is 42.5 Å². The van der Waals surface area contributed by atoms with Gasteiger partial charge in [0.05, 0.1) is 20.3 Å². The average molecular weight is 290 g/mol. The average Bonchev–Trinajstić information content (AvgIpc) is 2.50. The first kappa shape index (κ1) is 15.3. The number of ether oxygens (including phenoxy) is 2. The second-order valence-corrected chi connectivity index (χ2v) is 4.81. The fourth-order valence-electron chi connectivity index (χ4n) is 2.32. The Labute approximate surface area is 124 Å². The van der Waals surface area contributed by atoms with Crippen molar-refractivity contribution in [3.05, 3.63) is 59.4 Å². The van der Waals surface area contributed by atoms with E-state index in [4.69, 9.17) is 9.47 Å².